The van der Waals surface area contributed by atoms with Crippen LogP contribution in [0.25, 0.3) is 0 Å². The molecule has 0 amide bonds. The Morgan fingerprint density at radius 2 is 2.30 bits per heavy atom. The standard InChI is InChI=1S/C7H14N2.ClH/c1-9-5-6-4-8-3-2-7(6)9;/h6-8H,2-5H2,1H3;1H. The molecule has 0 aromatic carbocycles. The quantitative estimate of drug-likeness (QED) is 0.553. The molecular weight excluding hydrogens is 148 g/mol. The van der Waals surface area contributed by atoms with Crippen molar-refractivity contribution in [3.8, 4) is 0 Å². The summed E-state index contributed by atoms with van der Waals surface area (Å²) in [7, 11) is 2.23. The molecule has 0 bridgehead atoms. The number of halogens is 1. The summed E-state index contributed by atoms with van der Waals surface area (Å²) in [6.07, 6.45) is 1.36. The molecule has 2 heterocycles. The second-order valence-electron chi connectivity index (χ2n) is 3.26. The van der Waals surface area contributed by atoms with Crippen LogP contribution in [0.15, 0.2) is 0 Å². The van der Waals surface area contributed by atoms with Gasteiger partial charge in [0.15, 0.2) is 0 Å². The lowest BCUT2D eigenvalue weighted by atomic mass is 9.84. The molecule has 0 aromatic rings. The minimum absolute atomic E-state index is 0. The van der Waals surface area contributed by atoms with Gasteiger partial charge in [0.05, 0.1) is 0 Å². The topological polar surface area (TPSA) is 15.3 Å². The van der Waals surface area contributed by atoms with Gasteiger partial charge in [0.2, 0.25) is 0 Å². The van der Waals surface area contributed by atoms with Crippen LogP contribution in [0.3, 0.4) is 0 Å². The van der Waals surface area contributed by atoms with Gasteiger partial charge in [-0.1, -0.05) is 0 Å². The van der Waals surface area contributed by atoms with Gasteiger partial charge in [-0.25, -0.2) is 0 Å². The highest BCUT2D eigenvalue weighted by Gasteiger charge is 2.37. The lowest BCUT2D eigenvalue weighted by Crippen LogP contribution is -2.60. The maximum Gasteiger partial charge on any atom is 0.0157 e. The first-order valence-electron chi connectivity index (χ1n) is 3.79. The maximum absolute atomic E-state index is 3.41. The van der Waals surface area contributed by atoms with E-state index < -0.39 is 0 Å². The van der Waals surface area contributed by atoms with E-state index in [2.05, 4.69) is 17.3 Å². The van der Waals surface area contributed by atoms with Gasteiger partial charge in [-0.3, -0.25) is 0 Å². The number of rotatable bonds is 0. The summed E-state index contributed by atoms with van der Waals surface area (Å²) >= 11 is 0. The Bertz CT molecular complexity index is 116. The number of likely N-dealkylation sites (tertiary alicyclic amines) is 1. The Hall–Kier alpha value is 0.210. The smallest absolute Gasteiger partial charge is 0.0157 e. The van der Waals surface area contributed by atoms with E-state index in [-0.39, 0.29) is 12.4 Å². The highest BCUT2D eigenvalue weighted by Crippen LogP contribution is 2.26. The molecular formula is C7H15ClN2. The molecule has 2 fully saturated rings. The van der Waals surface area contributed by atoms with E-state index in [0.29, 0.717) is 0 Å². The van der Waals surface area contributed by atoms with Crippen LogP contribution >= 0.6 is 12.4 Å². The minimum Gasteiger partial charge on any atom is -0.316 e. The molecule has 0 spiro atoms. The predicted octanol–water partition coefficient (Wildman–Crippen LogP) is 0.332. The third-order valence-corrected chi connectivity index (χ3v) is 2.66. The van der Waals surface area contributed by atoms with Crippen LogP contribution in [0.5, 0.6) is 0 Å². The fourth-order valence-corrected chi connectivity index (χ4v) is 2.04. The van der Waals surface area contributed by atoms with Gasteiger partial charge >= 0.3 is 0 Å². The molecule has 2 nitrogen and oxygen atoms in total. The van der Waals surface area contributed by atoms with Crippen LogP contribution in [-0.2, 0) is 0 Å². The van der Waals surface area contributed by atoms with Gasteiger partial charge in [0, 0.05) is 19.1 Å². The fraction of sp³-hybridized carbons (Fsp3) is 1.00. The molecule has 2 aliphatic rings. The van der Waals surface area contributed by atoms with Crippen LogP contribution in [0.2, 0.25) is 0 Å². The normalized spacial score (nSPS) is 39.3. The van der Waals surface area contributed by atoms with E-state index in [0.717, 1.165) is 12.0 Å². The molecule has 10 heavy (non-hydrogen) atoms. The Balaban J connectivity index is 0.000000500. The predicted molar refractivity (Wildman–Crippen MR) is 44.6 cm³/mol. The van der Waals surface area contributed by atoms with Gasteiger partial charge in [0.1, 0.15) is 0 Å². The molecule has 2 unspecified atom stereocenters. The molecule has 2 atom stereocenters. The van der Waals surface area contributed by atoms with Crippen molar-refractivity contribution in [2.75, 3.05) is 26.7 Å². The zero-order chi connectivity index (χ0) is 6.27. The summed E-state index contributed by atoms with van der Waals surface area (Å²) in [5.74, 6) is 0.976. The average Bonchev–Trinajstić information content (AvgIpc) is 1.86. The van der Waals surface area contributed by atoms with Crippen LogP contribution in [0.1, 0.15) is 6.42 Å². The second-order valence-corrected chi connectivity index (χ2v) is 3.26. The van der Waals surface area contributed by atoms with Crippen molar-refractivity contribution < 1.29 is 0 Å². The summed E-state index contributed by atoms with van der Waals surface area (Å²) < 4.78 is 0. The molecule has 1 N–H and O–H groups in total. The molecule has 2 saturated heterocycles. The zero-order valence-electron chi connectivity index (χ0n) is 6.34. The Morgan fingerprint density at radius 3 is 2.80 bits per heavy atom. The third kappa shape index (κ3) is 1.16. The Labute approximate surface area is 68.4 Å². The van der Waals surface area contributed by atoms with Gasteiger partial charge < -0.3 is 10.2 Å². The SMILES string of the molecule is CN1CC2CNCCC21.Cl. The summed E-state index contributed by atoms with van der Waals surface area (Å²) in [5.41, 5.74) is 0. The molecule has 2 aliphatic heterocycles. The first-order chi connectivity index (χ1) is 4.38. The summed E-state index contributed by atoms with van der Waals surface area (Å²) in [6.45, 7) is 3.80. The van der Waals surface area contributed by atoms with Gasteiger partial charge in [-0.05, 0) is 25.9 Å². The van der Waals surface area contributed by atoms with Crippen molar-refractivity contribution in [3.63, 3.8) is 0 Å². The Kier molecular flexibility index (Phi) is 2.55. The van der Waals surface area contributed by atoms with Crippen LogP contribution in [0, 0.1) is 5.92 Å². The van der Waals surface area contributed by atoms with Gasteiger partial charge in [-0.15, -0.1) is 12.4 Å². The molecule has 0 radical (unpaired) electrons. The van der Waals surface area contributed by atoms with E-state index in [1.807, 2.05) is 0 Å². The Morgan fingerprint density at radius 1 is 1.50 bits per heavy atom. The van der Waals surface area contributed by atoms with Crippen LogP contribution in [0.4, 0.5) is 0 Å². The first-order valence-corrected chi connectivity index (χ1v) is 3.79. The van der Waals surface area contributed by atoms with E-state index in [9.17, 15) is 0 Å². The first kappa shape index (κ1) is 8.31. The zero-order valence-corrected chi connectivity index (χ0v) is 7.16. The minimum atomic E-state index is 0. The number of hydrogen-bond acceptors (Lipinski definition) is 2. The highest BCUT2D eigenvalue weighted by atomic mass is 35.5. The average molecular weight is 163 g/mol. The monoisotopic (exact) mass is 162 g/mol. The molecule has 0 saturated carbocycles. The third-order valence-electron chi connectivity index (χ3n) is 2.66. The summed E-state index contributed by atoms with van der Waals surface area (Å²) in [6, 6.07) is 0.922. The second kappa shape index (κ2) is 3.07. The van der Waals surface area contributed by atoms with Crippen molar-refractivity contribution in [3.05, 3.63) is 0 Å². The van der Waals surface area contributed by atoms with Crippen molar-refractivity contribution in [2.24, 2.45) is 5.92 Å². The number of nitrogens with one attached hydrogen (secondary N) is 1. The lowest BCUT2D eigenvalue weighted by Gasteiger charge is -2.49. The van der Waals surface area contributed by atoms with Crippen molar-refractivity contribution >= 4 is 12.4 Å². The van der Waals surface area contributed by atoms with Crippen molar-refractivity contribution in [1.82, 2.24) is 10.2 Å². The fourth-order valence-electron chi connectivity index (χ4n) is 2.04. The molecule has 2 rings (SSSR count). The van der Waals surface area contributed by atoms with E-state index in [1.54, 1.807) is 0 Å². The van der Waals surface area contributed by atoms with Crippen molar-refractivity contribution in [2.45, 2.75) is 12.5 Å². The van der Waals surface area contributed by atoms with Crippen molar-refractivity contribution in [1.29, 1.82) is 0 Å². The van der Waals surface area contributed by atoms with E-state index in [4.69, 9.17) is 0 Å². The largest absolute Gasteiger partial charge is 0.316 e. The van der Waals surface area contributed by atoms with E-state index >= 15 is 0 Å². The molecule has 60 valence electrons. The van der Waals surface area contributed by atoms with Gasteiger partial charge in [-0.2, -0.15) is 0 Å². The summed E-state index contributed by atoms with van der Waals surface area (Å²) in [5, 5.41) is 3.41. The number of nitrogens with zero attached hydrogens (tertiary/aromatic N) is 1. The van der Waals surface area contributed by atoms with E-state index in [1.165, 1.54) is 26.1 Å². The lowest BCUT2D eigenvalue weighted by molar-refractivity contribution is 0.0186. The molecule has 0 aromatic heterocycles. The molecule has 0 aliphatic carbocycles. The highest BCUT2D eigenvalue weighted by molar-refractivity contribution is 5.85. The number of piperidine rings is 1. The number of fused-ring (bicyclic) bond motifs is 1. The summed E-state index contributed by atoms with van der Waals surface area (Å²) in [4.78, 5) is 2.46. The van der Waals surface area contributed by atoms with Crippen LogP contribution in [-0.4, -0.2) is 37.6 Å². The maximum atomic E-state index is 3.41. The number of hydrogen-bond donors (Lipinski definition) is 1. The molecule has 3 heteroatoms. The van der Waals surface area contributed by atoms with Gasteiger partial charge in [0.25, 0.3) is 0 Å². The van der Waals surface area contributed by atoms with Crippen LogP contribution < -0.4 is 5.32 Å².